The highest BCUT2D eigenvalue weighted by Gasteiger charge is 2.32. The molecule has 3 heterocycles. The van der Waals surface area contributed by atoms with Gasteiger partial charge in [-0.05, 0) is 103 Å². The van der Waals surface area contributed by atoms with E-state index in [-0.39, 0.29) is 12.1 Å². The fourth-order valence-electron chi connectivity index (χ4n) is 5.49. The second-order valence-corrected chi connectivity index (χ2v) is 13.0. The molecule has 9 heteroatoms. The highest BCUT2D eigenvalue weighted by molar-refractivity contribution is 7.12. The molecule has 8 nitrogen and oxygen atoms in total. The summed E-state index contributed by atoms with van der Waals surface area (Å²) in [6, 6.07) is 2.07. The first-order chi connectivity index (χ1) is 18.9. The van der Waals surface area contributed by atoms with Crippen LogP contribution in [-0.2, 0) is 22.4 Å². The van der Waals surface area contributed by atoms with E-state index in [4.69, 9.17) is 14.2 Å². The second-order valence-electron chi connectivity index (χ2n) is 11.8. The van der Waals surface area contributed by atoms with Crippen LogP contribution >= 0.6 is 11.3 Å². The zero-order valence-electron chi connectivity index (χ0n) is 25.7. The molecule has 40 heavy (non-hydrogen) atoms. The van der Waals surface area contributed by atoms with Gasteiger partial charge in [0, 0.05) is 40.6 Å². The molecule has 1 atom stereocenters. The number of amides is 1. The van der Waals surface area contributed by atoms with Gasteiger partial charge in [-0.1, -0.05) is 6.92 Å². The number of esters is 1. The Hall–Kier alpha value is -2.65. The summed E-state index contributed by atoms with van der Waals surface area (Å²) in [5.74, 6) is 1.14. The number of likely N-dealkylation sites (tertiary alicyclic amines) is 1. The maximum absolute atomic E-state index is 12.8. The van der Waals surface area contributed by atoms with Crippen LogP contribution in [0.15, 0.2) is 6.07 Å². The van der Waals surface area contributed by atoms with Crippen molar-refractivity contribution in [1.82, 2.24) is 15.2 Å². The number of aryl methyl sites for hydroxylation is 3. The summed E-state index contributed by atoms with van der Waals surface area (Å²) >= 11 is 1.75. The summed E-state index contributed by atoms with van der Waals surface area (Å²) in [5, 5.41) is 3.52. The molecule has 1 aliphatic heterocycles. The van der Waals surface area contributed by atoms with E-state index in [1.807, 2.05) is 39.5 Å². The van der Waals surface area contributed by atoms with Gasteiger partial charge in [0.25, 0.3) is 0 Å². The van der Waals surface area contributed by atoms with Crippen LogP contribution in [0.5, 0.6) is 5.88 Å². The number of nitrogens with zero attached hydrogens (tertiary/aromatic N) is 2. The average molecular weight is 574 g/mol. The van der Waals surface area contributed by atoms with Crippen LogP contribution in [0.4, 0.5) is 4.79 Å². The summed E-state index contributed by atoms with van der Waals surface area (Å²) < 4.78 is 16.2. The van der Waals surface area contributed by atoms with Crippen molar-refractivity contribution in [2.45, 2.75) is 92.2 Å². The van der Waals surface area contributed by atoms with Crippen molar-refractivity contribution in [1.29, 1.82) is 0 Å². The van der Waals surface area contributed by atoms with E-state index in [0.717, 1.165) is 65.1 Å². The van der Waals surface area contributed by atoms with Crippen LogP contribution < -0.4 is 10.1 Å². The number of aromatic nitrogens is 1. The lowest BCUT2D eigenvalue weighted by Crippen LogP contribution is -2.42. The highest BCUT2D eigenvalue weighted by atomic mass is 32.1. The van der Waals surface area contributed by atoms with E-state index in [2.05, 4.69) is 30.2 Å². The molecule has 1 aliphatic rings. The van der Waals surface area contributed by atoms with Gasteiger partial charge >= 0.3 is 12.1 Å². The number of carbonyl (C=O) groups is 2. The number of hydrogen-bond acceptors (Lipinski definition) is 8. The third-order valence-electron chi connectivity index (χ3n) is 7.65. The van der Waals surface area contributed by atoms with Crippen LogP contribution in [-0.4, -0.2) is 61.4 Å². The number of hydrogen-bond donors (Lipinski definition) is 1. The van der Waals surface area contributed by atoms with Crippen molar-refractivity contribution in [2.75, 3.05) is 33.9 Å². The third kappa shape index (κ3) is 7.97. The first-order valence-electron chi connectivity index (χ1n) is 14.3. The first kappa shape index (κ1) is 31.9. The minimum Gasteiger partial charge on any atom is -0.481 e. The van der Waals surface area contributed by atoms with Gasteiger partial charge in [0.05, 0.1) is 19.8 Å². The molecule has 1 fully saturated rings. The summed E-state index contributed by atoms with van der Waals surface area (Å²) in [5.41, 5.74) is 4.45. The molecular weight excluding hydrogens is 526 g/mol. The Morgan fingerprint density at radius 3 is 2.45 bits per heavy atom. The average Bonchev–Trinajstić information content (AvgIpc) is 3.23. The molecule has 0 aliphatic carbocycles. The highest BCUT2D eigenvalue weighted by Crippen LogP contribution is 2.41. The van der Waals surface area contributed by atoms with Crippen molar-refractivity contribution < 1.29 is 23.8 Å². The van der Waals surface area contributed by atoms with Gasteiger partial charge in [-0.3, -0.25) is 0 Å². The Labute approximate surface area is 243 Å². The fourth-order valence-corrected chi connectivity index (χ4v) is 6.98. The Morgan fingerprint density at radius 1 is 1.18 bits per heavy atom. The Balaban J connectivity index is 1.63. The number of ether oxygens (including phenoxy) is 3. The van der Waals surface area contributed by atoms with E-state index < -0.39 is 5.60 Å². The topological polar surface area (TPSA) is 90.0 Å². The number of pyridine rings is 1. The normalized spacial score (nSPS) is 15.2. The summed E-state index contributed by atoms with van der Waals surface area (Å²) in [6.45, 7) is 16.9. The number of carbonyl (C=O) groups excluding carboxylic acids is 2. The first-order valence-corrected chi connectivity index (χ1v) is 15.1. The van der Waals surface area contributed by atoms with Crippen molar-refractivity contribution in [3.8, 4) is 5.88 Å². The molecule has 1 saturated heterocycles. The van der Waals surface area contributed by atoms with Crippen molar-refractivity contribution in [2.24, 2.45) is 5.92 Å². The molecule has 2 aromatic heterocycles. The number of methoxy groups -OCH3 is 2. The molecule has 0 radical (unpaired) electrons. The number of piperidine rings is 1. The lowest BCUT2D eigenvalue weighted by Gasteiger charge is -2.35. The van der Waals surface area contributed by atoms with Gasteiger partial charge in [-0.15, -0.1) is 11.3 Å². The Kier molecular flexibility index (Phi) is 11.0. The fraction of sp³-hybridized carbons (Fsp3) is 0.645. The van der Waals surface area contributed by atoms with E-state index in [1.165, 1.54) is 12.0 Å². The van der Waals surface area contributed by atoms with Gasteiger partial charge in [0.15, 0.2) is 0 Å². The van der Waals surface area contributed by atoms with Gasteiger partial charge in [0.1, 0.15) is 5.60 Å². The molecule has 0 saturated carbocycles. The summed E-state index contributed by atoms with van der Waals surface area (Å²) in [4.78, 5) is 34.0. The zero-order valence-corrected chi connectivity index (χ0v) is 26.5. The molecule has 0 aromatic carbocycles. The van der Waals surface area contributed by atoms with Crippen molar-refractivity contribution in [3.05, 3.63) is 43.8 Å². The smallest absolute Gasteiger partial charge is 0.410 e. The largest absolute Gasteiger partial charge is 0.481 e. The van der Waals surface area contributed by atoms with Gasteiger partial charge in [0.2, 0.25) is 5.88 Å². The third-order valence-corrected chi connectivity index (χ3v) is 9.20. The van der Waals surface area contributed by atoms with Crippen molar-refractivity contribution in [3.63, 3.8) is 0 Å². The summed E-state index contributed by atoms with van der Waals surface area (Å²) in [7, 11) is 3.10. The Bertz CT molecular complexity index is 1180. The van der Waals surface area contributed by atoms with E-state index in [9.17, 15) is 9.59 Å². The molecule has 1 N–H and O–H groups in total. The minimum absolute atomic E-state index is 0.234. The molecule has 0 bridgehead atoms. The monoisotopic (exact) mass is 573 g/mol. The van der Waals surface area contributed by atoms with E-state index >= 15 is 0 Å². The minimum atomic E-state index is -0.491. The molecule has 222 valence electrons. The van der Waals surface area contributed by atoms with Crippen LogP contribution in [0, 0.1) is 26.7 Å². The van der Waals surface area contributed by atoms with Crippen LogP contribution in [0.2, 0.25) is 0 Å². The maximum Gasteiger partial charge on any atom is 0.410 e. The molecule has 3 rings (SSSR count). The van der Waals surface area contributed by atoms with Crippen molar-refractivity contribution >= 4 is 23.4 Å². The van der Waals surface area contributed by atoms with Gasteiger partial charge in [-0.25, -0.2) is 14.6 Å². The van der Waals surface area contributed by atoms with Crippen LogP contribution in [0.3, 0.4) is 0 Å². The van der Waals surface area contributed by atoms with Crippen LogP contribution in [0.25, 0.3) is 0 Å². The summed E-state index contributed by atoms with van der Waals surface area (Å²) in [6.07, 6.45) is 3.30. The molecule has 0 unspecified atom stereocenters. The van der Waals surface area contributed by atoms with Crippen LogP contribution in [0.1, 0.15) is 95.4 Å². The van der Waals surface area contributed by atoms with Gasteiger partial charge < -0.3 is 24.4 Å². The Morgan fingerprint density at radius 2 is 1.85 bits per heavy atom. The molecular formula is C31H47N3O5S. The molecule has 0 spiro atoms. The second kappa shape index (κ2) is 13.8. The lowest BCUT2D eigenvalue weighted by molar-refractivity contribution is 0.0176. The zero-order chi connectivity index (χ0) is 29.6. The predicted molar refractivity (Wildman–Crippen MR) is 160 cm³/mol. The quantitative estimate of drug-likeness (QED) is 0.262. The van der Waals surface area contributed by atoms with E-state index in [0.29, 0.717) is 37.4 Å². The SMILES string of the molecule is COC(=O)c1c(CCCNCc2c(C)cc(C)nc2OC)sc([C@H](C)C2CCN(C(=O)OC(C)(C)C)CC2)c1C. The number of thiophene rings is 1. The predicted octanol–water partition coefficient (Wildman–Crippen LogP) is 6.34. The number of rotatable bonds is 10. The number of nitrogens with one attached hydrogen (secondary N) is 1. The standard InChI is InChI=1S/C31H47N3O5S/c1-19-17-20(2)33-28(37-8)24(19)18-32-14-10-11-25-26(29(35)38-9)22(4)27(40-25)21(3)23-12-15-34(16-13-23)30(36)39-31(5,6)7/h17,21,23,32H,10-16,18H2,1-9H3/t21-/m1/s1. The molecule has 1 amide bonds. The lowest BCUT2D eigenvalue weighted by atomic mass is 9.83. The van der Waals surface area contributed by atoms with E-state index in [1.54, 1.807) is 18.4 Å². The molecule has 2 aromatic rings. The maximum atomic E-state index is 12.8. The van der Waals surface area contributed by atoms with Gasteiger partial charge in [-0.2, -0.15) is 0 Å².